The van der Waals surface area contributed by atoms with E-state index in [0.717, 1.165) is 16.7 Å². The van der Waals surface area contributed by atoms with E-state index in [1.807, 2.05) is 6.07 Å². The lowest BCUT2D eigenvalue weighted by molar-refractivity contribution is 0.750. The van der Waals surface area contributed by atoms with E-state index < -0.39 is 0 Å². The van der Waals surface area contributed by atoms with Gasteiger partial charge in [-0.1, -0.05) is 15.9 Å². The van der Waals surface area contributed by atoms with E-state index in [0.29, 0.717) is 12.0 Å². The van der Waals surface area contributed by atoms with Crippen molar-refractivity contribution in [2.75, 3.05) is 10.6 Å². The average Bonchev–Trinajstić information content (AvgIpc) is 2.64. The van der Waals surface area contributed by atoms with Crippen molar-refractivity contribution in [3.05, 3.63) is 40.5 Å². The molecule has 0 amide bonds. The van der Waals surface area contributed by atoms with Gasteiger partial charge in [0.25, 0.3) is 0 Å². The lowest BCUT2D eigenvalue weighted by Gasteiger charge is -2.23. The number of halogens is 2. The molecule has 2 aromatic rings. The van der Waals surface area contributed by atoms with Crippen LogP contribution in [-0.2, 0) is 6.42 Å². The van der Waals surface area contributed by atoms with Gasteiger partial charge in [-0.05, 0) is 43.2 Å². The van der Waals surface area contributed by atoms with E-state index >= 15 is 0 Å². The molecule has 0 saturated carbocycles. The molecule has 2 heterocycles. The summed E-state index contributed by atoms with van der Waals surface area (Å²) in [5, 5.41) is 0. The van der Waals surface area contributed by atoms with Gasteiger partial charge in [-0.25, -0.2) is 4.98 Å². The fraction of sp³-hybridized carbons (Fsp3) is 0.231. The van der Waals surface area contributed by atoms with Crippen molar-refractivity contribution in [2.45, 2.75) is 19.4 Å². The third-order valence-corrected chi connectivity index (χ3v) is 3.66. The SMILES string of the molecule is CC1Cc2cc(Br)ccc2N1c1ccnc(N)n1.Cl. The molecule has 0 saturated heterocycles. The molecule has 1 aromatic carbocycles. The Hall–Kier alpha value is -1.33. The Morgan fingerprint density at radius 3 is 2.89 bits per heavy atom. The second kappa shape index (κ2) is 5.35. The van der Waals surface area contributed by atoms with Crippen LogP contribution in [-0.4, -0.2) is 16.0 Å². The molecule has 1 aliphatic rings. The lowest BCUT2D eigenvalue weighted by atomic mass is 10.1. The molecule has 2 N–H and O–H groups in total. The van der Waals surface area contributed by atoms with Crippen LogP contribution in [0.15, 0.2) is 34.9 Å². The van der Waals surface area contributed by atoms with E-state index in [-0.39, 0.29) is 12.4 Å². The van der Waals surface area contributed by atoms with E-state index in [2.05, 4.69) is 55.9 Å². The number of rotatable bonds is 1. The molecule has 0 spiro atoms. The minimum absolute atomic E-state index is 0. The molecule has 19 heavy (non-hydrogen) atoms. The number of aromatic nitrogens is 2. The summed E-state index contributed by atoms with van der Waals surface area (Å²) in [4.78, 5) is 10.5. The van der Waals surface area contributed by atoms with Crippen LogP contribution in [0.4, 0.5) is 17.5 Å². The summed E-state index contributed by atoms with van der Waals surface area (Å²) in [6.45, 7) is 2.19. The highest BCUT2D eigenvalue weighted by Gasteiger charge is 2.28. The third kappa shape index (κ3) is 2.53. The Labute approximate surface area is 126 Å². The summed E-state index contributed by atoms with van der Waals surface area (Å²) in [5.41, 5.74) is 8.19. The first-order valence-corrected chi connectivity index (χ1v) is 6.60. The maximum absolute atomic E-state index is 5.66. The van der Waals surface area contributed by atoms with Crippen LogP contribution in [0, 0.1) is 0 Å². The average molecular weight is 342 g/mol. The van der Waals surface area contributed by atoms with Crippen molar-refractivity contribution in [3.8, 4) is 0 Å². The Kier molecular flexibility index (Phi) is 3.96. The number of hydrogen-bond acceptors (Lipinski definition) is 4. The first-order chi connectivity index (χ1) is 8.65. The lowest BCUT2D eigenvalue weighted by Crippen LogP contribution is -2.25. The molecule has 0 radical (unpaired) electrons. The van der Waals surface area contributed by atoms with Crippen molar-refractivity contribution in [3.63, 3.8) is 0 Å². The Bertz CT molecular complexity index is 605. The van der Waals surface area contributed by atoms with Gasteiger partial charge in [0.15, 0.2) is 0 Å². The second-order valence-electron chi connectivity index (χ2n) is 4.47. The standard InChI is InChI=1S/C13H13BrN4.ClH/c1-8-6-9-7-10(14)2-3-11(9)18(8)12-4-5-16-13(15)17-12;/h2-5,7-8H,6H2,1H3,(H2,15,16,17);1H. The van der Waals surface area contributed by atoms with E-state index in [4.69, 9.17) is 5.73 Å². The van der Waals surface area contributed by atoms with Crippen molar-refractivity contribution < 1.29 is 0 Å². The molecule has 1 aliphatic heterocycles. The zero-order valence-electron chi connectivity index (χ0n) is 10.4. The van der Waals surface area contributed by atoms with Gasteiger partial charge in [0.1, 0.15) is 5.82 Å². The molecular formula is C13H14BrClN4. The van der Waals surface area contributed by atoms with Crippen molar-refractivity contribution in [1.82, 2.24) is 9.97 Å². The van der Waals surface area contributed by atoms with Gasteiger partial charge in [0.2, 0.25) is 5.95 Å². The molecule has 1 aromatic heterocycles. The number of nitrogens with zero attached hydrogens (tertiary/aromatic N) is 3. The summed E-state index contributed by atoms with van der Waals surface area (Å²) in [5.74, 6) is 1.17. The summed E-state index contributed by atoms with van der Waals surface area (Å²) in [6.07, 6.45) is 2.71. The molecule has 0 fully saturated rings. The minimum Gasteiger partial charge on any atom is -0.368 e. The molecule has 6 heteroatoms. The highest BCUT2D eigenvalue weighted by Crippen LogP contribution is 2.38. The van der Waals surface area contributed by atoms with Gasteiger partial charge in [0, 0.05) is 22.4 Å². The van der Waals surface area contributed by atoms with E-state index in [9.17, 15) is 0 Å². The Morgan fingerprint density at radius 2 is 2.16 bits per heavy atom. The number of nitrogens with two attached hydrogens (primary N) is 1. The van der Waals surface area contributed by atoms with Gasteiger partial charge in [-0.3, -0.25) is 0 Å². The van der Waals surface area contributed by atoms with Crippen molar-refractivity contribution in [1.29, 1.82) is 0 Å². The van der Waals surface area contributed by atoms with Crippen molar-refractivity contribution >= 4 is 45.8 Å². The summed E-state index contributed by atoms with van der Waals surface area (Å²) in [6, 6.07) is 8.60. The van der Waals surface area contributed by atoms with Crippen LogP contribution >= 0.6 is 28.3 Å². The summed E-state index contributed by atoms with van der Waals surface area (Å²) >= 11 is 3.51. The van der Waals surface area contributed by atoms with Gasteiger partial charge < -0.3 is 10.6 Å². The van der Waals surface area contributed by atoms with E-state index in [1.165, 1.54) is 11.3 Å². The number of hydrogen-bond donors (Lipinski definition) is 1. The van der Waals surface area contributed by atoms with Gasteiger partial charge >= 0.3 is 0 Å². The Morgan fingerprint density at radius 1 is 1.37 bits per heavy atom. The fourth-order valence-electron chi connectivity index (χ4n) is 2.45. The highest BCUT2D eigenvalue weighted by molar-refractivity contribution is 9.10. The number of anilines is 3. The highest BCUT2D eigenvalue weighted by atomic mass is 79.9. The smallest absolute Gasteiger partial charge is 0.221 e. The zero-order valence-corrected chi connectivity index (χ0v) is 12.8. The van der Waals surface area contributed by atoms with Crippen LogP contribution in [0.5, 0.6) is 0 Å². The third-order valence-electron chi connectivity index (χ3n) is 3.16. The molecule has 3 rings (SSSR count). The van der Waals surface area contributed by atoms with Gasteiger partial charge in [-0.15, -0.1) is 12.4 Å². The van der Waals surface area contributed by atoms with Crippen LogP contribution in [0.2, 0.25) is 0 Å². The fourth-order valence-corrected chi connectivity index (χ4v) is 2.86. The van der Waals surface area contributed by atoms with E-state index in [1.54, 1.807) is 6.20 Å². The van der Waals surface area contributed by atoms with Gasteiger partial charge in [-0.2, -0.15) is 4.98 Å². The summed E-state index contributed by atoms with van der Waals surface area (Å²) in [7, 11) is 0. The van der Waals surface area contributed by atoms with Crippen LogP contribution in [0.3, 0.4) is 0 Å². The molecule has 1 atom stereocenters. The molecule has 4 nitrogen and oxygen atoms in total. The number of nitrogen functional groups attached to an aromatic ring is 1. The first kappa shape index (κ1) is 14.1. The molecule has 1 unspecified atom stereocenters. The van der Waals surface area contributed by atoms with Gasteiger partial charge in [0.05, 0.1) is 0 Å². The minimum atomic E-state index is 0. The maximum Gasteiger partial charge on any atom is 0.221 e. The number of fused-ring (bicyclic) bond motifs is 1. The topological polar surface area (TPSA) is 55.0 Å². The maximum atomic E-state index is 5.66. The monoisotopic (exact) mass is 340 g/mol. The Balaban J connectivity index is 0.00000133. The van der Waals surface area contributed by atoms with Crippen molar-refractivity contribution in [2.24, 2.45) is 0 Å². The normalized spacial score (nSPS) is 16.9. The summed E-state index contributed by atoms with van der Waals surface area (Å²) < 4.78 is 1.11. The first-order valence-electron chi connectivity index (χ1n) is 5.81. The molecule has 0 bridgehead atoms. The zero-order chi connectivity index (χ0) is 12.7. The number of benzene rings is 1. The molecule has 0 aliphatic carbocycles. The van der Waals surface area contributed by atoms with Crippen LogP contribution < -0.4 is 10.6 Å². The predicted octanol–water partition coefficient (Wildman–Crippen LogP) is 3.33. The largest absolute Gasteiger partial charge is 0.368 e. The predicted molar refractivity (Wildman–Crippen MR) is 83.1 cm³/mol. The van der Waals surface area contributed by atoms with Crippen LogP contribution in [0.1, 0.15) is 12.5 Å². The molecular weight excluding hydrogens is 328 g/mol. The van der Waals surface area contributed by atoms with Crippen LogP contribution in [0.25, 0.3) is 0 Å². The molecule has 100 valence electrons. The quantitative estimate of drug-likeness (QED) is 0.864. The second-order valence-corrected chi connectivity index (χ2v) is 5.38.